The molecule has 0 aliphatic heterocycles. The second kappa shape index (κ2) is 8.23. The number of carbonyl (C=O) groups is 1. The number of aromatic nitrogens is 2. The maximum absolute atomic E-state index is 12.2. The Labute approximate surface area is 162 Å². The minimum atomic E-state index is -0.626. The summed E-state index contributed by atoms with van der Waals surface area (Å²) in [7, 11) is 0. The first kappa shape index (κ1) is 18.3. The Kier molecular flexibility index (Phi) is 5.57. The summed E-state index contributed by atoms with van der Waals surface area (Å²) in [5.41, 5.74) is 5.50. The standard InChI is InChI=1S/C17H13BrN6O3/c18-12-8-6-11(7-9-12)17(25)23-22-16-14(24(26)27)15(19-10-20-16)21-13-4-2-1-3-5-13/h1-10H,(H,23,25)(H2,19,20,21,22). The molecule has 0 aliphatic rings. The number of amides is 1. The Balaban J connectivity index is 1.80. The number of para-hydroxylation sites is 1. The van der Waals surface area contributed by atoms with Crippen LogP contribution in [0.25, 0.3) is 0 Å². The van der Waals surface area contributed by atoms with Crippen LogP contribution in [0, 0.1) is 10.1 Å². The minimum Gasteiger partial charge on any atom is -0.334 e. The molecule has 1 heterocycles. The maximum atomic E-state index is 12.2. The van der Waals surface area contributed by atoms with E-state index in [1.807, 2.05) is 6.07 Å². The molecule has 1 amide bonds. The number of nitro groups is 1. The Hall–Kier alpha value is -3.53. The molecule has 0 spiro atoms. The highest BCUT2D eigenvalue weighted by Gasteiger charge is 2.23. The number of benzene rings is 2. The number of hydrogen-bond donors (Lipinski definition) is 3. The summed E-state index contributed by atoms with van der Waals surface area (Å²) in [5, 5.41) is 14.4. The van der Waals surface area contributed by atoms with Gasteiger partial charge in [0.05, 0.1) is 4.92 Å². The average Bonchev–Trinajstić information content (AvgIpc) is 2.67. The third-order valence-electron chi connectivity index (χ3n) is 3.44. The van der Waals surface area contributed by atoms with E-state index in [-0.39, 0.29) is 11.6 Å². The van der Waals surface area contributed by atoms with Gasteiger partial charge in [-0.1, -0.05) is 34.1 Å². The zero-order chi connectivity index (χ0) is 19.2. The second-order valence-electron chi connectivity index (χ2n) is 5.25. The third kappa shape index (κ3) is 4.55. The van der Waals surface area contributed by atoms with Crippen LogP contribution in [0.2, 0.25) is 0 Å². The molecule has 10 heteroatoms. The van der Waals surface area contributed by atoms with Gasteiger partial charge >= 0.3 is 5.69 Å². The molecule has 1 aromatic heterocycles. The number of carbonyl (C=O) groups excluding carboxylic acids is 1. The lowest BCUT2D eigenvalue weighted by molar-refractivity contribution is -0.383. The van der Waals surface area contributed by atoms with Crippen LogP contribution in [0.15, 0.2) is 65.4 Å². The first-order valence-corrected chi connectivity index (χ1v) is 8.47. The van der Waals surface area contributed by atoms with Gasteiger partial charge in [0.25, 0.3) is 5.91 Å². The van der Waals surface area contributed by atoms with E-state index in [1.54, 1.807) is 48.5 Å². The summed E-state index contributed by atoms with van der Waals surface area (Å²) in [6.45, 7) is 0. The number of hydrogen-bond acceptors (Lipinski definition) is 7. The molecule has 27 heavy (non-hydrogen) atoms. The van der Waals surface area contributed by atoms with Crippen LogP contribution in [-0.2, 0) is 0 Å². The summed E-state index contributed by atoms with van der Waals surface area (Å²) < 4.78 is 0.829. The van der Waals surface area contributed by atoms with Gasteiger partial charge in [0, 0.05) is 15.7 Å². The van der Waals surface area contributed by atoms with Crippen LogP contribution in [-0.4, -0.2) is 20.8 Å². The van der Waals surface area contributed by atoms with Crippen molar-refractivity contribution in [3.63, 3.8) is 0 Å². The first-order valence-electron chi connectivity index (χ1n) is 7.68. The van der Waals surface area contributed by atoms with E-state index in [4.69, 9.17) is 0 Å². The number of rotatable bonds is 6. The van der Waals surface area contributed by atoms with Gasteiger partial charge in [0.2, 0.25) is 11.6 Å². The van der Waals surface area contributed by atoms with E-state index in [9.17, 15) is 14.9 Å². The molecule has 0 saturated heterocycles. The van der Waals surface area contributed by atoms with Crippen LogP contribution < -0.4 is 16.2 Å². The van der Waals surface area contributed by atoms with Crippen molar-refractivity contribution in [2.45, 2.75) is 0 Å². The van der Waals surface area contributed by atoms with Crippen molar-refractivity contribution < 1.29 is 9.72 Å². The van der Waals surface area contributed by atoms with Crippen LogP contribution >= 0.6 is 15.9 Å². The molecular weight excluding hydrogens is 416 g/mol. The highest BCUT2D eigenvalue weighted by atomic mass is 79.9. The van der Waals surface area contributed by atoms with Crippen molar-refractivity contribution in [2.75, 3.05) is 10.7 Å². The quantitative estimate of drug-likeness (QED) is 0.404. The SMILES string of the molecule is O=C(NNc1ncnc(Nc2ccccc2)c1[N+](=O)[O-])c1ccc(Br)cc1. The highest BCUT2D eigenvalue weighted by molar-refractivity contribution is 9.10. The molecule has 2 aromatic carbocycles. The van der Waals surface area contributed by atoms with Gasteiger partial charge in [-0.3, -0.25) is 25.8 Å². The van der Waals surface area contributed by atoms with Crippen LogP contribution in [0.1, 0.15) is 10.4 Å². The van der Waals surface area contributed by atoms with Gasteiger partial charge in [-0.15, -0.1) is 0 Å². The lowest BCUT2D eigenvalue weighted by Crippen LogP contribution is -2.30. The number of nitrogens with zero attached hydrogens (tertiary/aromatic N) is 3. The fourth-order valence-corrected chi connectivity index (χ4v) is 2.45. The number of halogens is 1. The normalized spacial score (nSPS) is 10.1. The monoisotopic (exact) mass is 428 g/mol. The molecule has 0 fully saturated rings. The maximum Gasteiger partial charge on any atom is 0.355 e. The lowest BCUT2D eigenvalue weighted by atomic mass is 10.2. The topological polar surface area (TPSA) is 122 Å². The Morgan fingerprint density at radius 3 is 2.33 bits per heavy atom. The first-order chi connectivity index (χ1) is 13.0. The van der Waals surface area contributed by atoms with Crippen molar-refractivity contribution in [2.24, 2.45) is 0 Å². The fraction of sp³-hybridized carbons (Fsp3) is 0. The van der Waals surface area contributed by atoms with E-state index >= 15 is 0 Å². The second-order valence-corrected chi connectivity index (χ2v) is 6.17. The lowest BCUT2D eigenvalue weighted by Gasteiger charge is -2.11. The van der Waals surface area contributed by atoms with E-state index in [2.05, 4.69) is 42.1 Å². The minimum absolute atomic E-state index is 0.00147. The summed E-state index contributed by atoms with van der Waals surface area (Å²) >= 11 is 3.28. The molecule has 0 unspecified atom stereocenters. The van der Waals surface area contributed by atoms with Gasteiger partial charge in [-0.25, -0.2) is 9.97 Å². The van der Waals surface area contributed by atoms with Crippen LogP contribution in [0.4, 0.5) is 23.0 Å². The van der Waals surface area contributed by atoms with Crippen LogP contribution in [0.3, 0.4) is 0 Å². The number of hydrazine groups is 1. The molecule has 0 saturated carbocycles. The molecule has 9 nitrogen and oxygen atoms in total. The third-order valence-corrected chi connectivity index (χ3v) is 3.97. The van der Waals surface area contributed by atoms with Crippen molar-refractivity contribution in [1.29, 1.82) is 0 Å². The zero-order valence-corrected chi connectivity index (χ0v) is 15.3. The van der Waals surface area contributed by atoms with E-state index in [0.29, 0.717) is 11.3 Å². The fourth-order valence-electron chi connectivity index (χ4n) is 2.18. The molecule has 0 aliphatic carbocycles. The van der Waals surface area contributed by atoms with Crippen molar-refractivity contribution in [3.8, 4) is 0 Å². The molecular formula is C17H13BrN6O3. The molecule has 0 radical (unpaired) electrons. The smallest absolute Gasteiger partial charge is 0.334 e. The van der Waals surface area contributed by atoms with E-state index in [1.165, 1.54) is 0 Å². The molecule has 3 N–H and O–H groups in total. The summed E-state index contributed by atoms with van der Waals surface area (Å²) in [4.78, 5) is 30.8. The number of nitrogens with one attached hydrogen (secondary N) is 3. The summed E-state index contributed by atoms with van der Waals surface area (Å²) in [6, 6.07) is 15.5. The molecule has 3 rings (SSSR count). The molecule has 136 valence electrons. The Morgan fingerprint density at radius 2 is 1.67 bits per heavy atom. The largest absolute Gasteiger partial charge is 0.355 e. The van der Waals surface area contributed by atoms with E-state index in [0.717, 1.165) is 10.8 Å². The Morgan fingerprint density at radius 1 is 1.00 bits per heavy atom. The summed E-state index contributed by atoms with van der Waals surface area (Å²) in [6.07, 6.45) is 1.16. The number of anilines is 3. The van der Waals surface area contributed by atoms with Gasteiger partial charge in [-0.05, 0) is 36.4 Å². The predicted octanol–water partition coefficient (Wildman–Crippen LogP) is 3.65. The van der Waals surface area contributed by atoms with E-state index < -0.39 is 16.5 Å². The zero-order valence-electron chi connectivity index (χ0n) is 13.7. The molecule has 3 aromatic rings. The summed E-state index contributed by atoms with van der Waals surface area (Å²) in [5.74, 6) is -0.603. The van der Waals surface area contributed by atoms with Gasteiger partial charge in [-0.2, -0.15) is 0 Å². The van der Waals surface area contributed by atoms with Gasteiger partial charge in [0.1, 0.15) is 6.33 Å². The highest BCUT2D eigenvalue weighted by Crippen LogP contribution is 2.30. The predicted molar refractivity (Wildman–Crippen MR) is 104 cm³/mol. The van der Waals surface area contributed by atoms with Crippen molar-refractivity contribution >= 4 is 44.8 Å². The Bertz CT molecular complexity index is 966. The van der Waals surface area contributed by atoms with Crippen molar-refractivity contribution in [3.05, 3.63) is 81.1 Å². The van der Waals surface area contributed by atoms with Gasteiger partial charge in [0.15, 0.2) is 0 Å². The average molecular weight is 429 g/mol. The van der Waals surface area contributed by atoms with Crippen molar-refractivity contribution in [1.82, 2.24) is 15.4 Å². The van der Waals surface area contributed by atoms with Gasteiger partial charge < -0.3 is 5.32 Å². The molecule has 0 bridgehead atoms. The molecule has 0 atom stereocenters. The van der Waals surface area contributed by atoms with Crippen LogP contribution in [0.5, 0.6) is 0 Å².